The third-order valence-corrected chi connectivity index (χ3v) is 4.70. The van der Waals surface area contributed by atoms with Gasteiger partial charge in [0.25, 0.3) is 0 Å². The van der Waals surface area contributed by atoms with E-state index in [-0.39, 0.29) is 17.9 Å². The molecule has 1 aromatic heterocycles. The van der Waals surface area contributed by atoms with Crippen LogP contribution in [0.5, 0.6) is 0 Å². The summed E-state index contributed by atoms with van der Waals surface area (Å²) >= 11 is 1.39. The minimum atomic E-state index is -0.0966. The van der Waals surface area contributed by atoms with Gasteiger partial charge in [0.05, 0.1) is 0 Å². The molecule has 1 fully saturated rings. The molecule has 1 atom stereocenters. The number of hydrogen-bond donors (Lipinski definition) is 2. The van der Waals surface area contributed by atoms with E-state index >= 15 is 0 Å². The number of anilines is 2. The Labute approximate surface area is 131 Å². The van der Waals surface area contributed by atoms with Crippen LogP contribution in [0.15, 0.2) is 29.8 Å². The molecule has 6 nitrogen and oxygen atoms in total. The Morgan fingerprint density at radius 2 is 2.23 bits per heavy atom. The lowest BCUT2D eigenvalue weighted by Crippen LogP contribution is -2.28. The monoisotopic (exact) mass is 314 g/mol. The van der Waals surface area contributed by atoms with E-state index < -0.39 is 0 Å². The number of amides is 3. The van der Waals surface area contributed by atoms with Crippen LogP contribution in [0.4, 0.5) is 16.2 Å². The number of aromatic nitrogens is 1. The summed E-state index contributed by atoms with van der Waals surface area (Å²) in [6.07, 6.45) is 2.24. The minimum Gasteiger partial charge on any atom is -0.336 e. The van der Waals surface area contributed by atoms with Gasteiger partial charge in [-0.15, -0.1) is 0 Å². The van der Waals surface area contributed by atoms with Crippen LogP contribution in [-0.2, 0) is 4.79 Å². The standard InChI is InChI=1S/C15H14N4O2S/c20-14-6-12(9-7-17-22-8-9)11-2-1-10(5-13(11)18-14)19-4-3-16-15(19)21/h1-2,5,7-8,12H,3-4,6H2,(H,16,21)(H,18,20). The smallest absolute Gasteiger partial charge is 0.321 e. The van der Waals surface area contributed by atoms with Gasteiger partial charge in [-0.2, -0.15) is 0 Å². The average Bonchev–Trinajstić information content (AvgIpc) is 3.17. The van der Waals surface area contributed by atoms with Crippen molar-refractivity contribution in [1.82, 2.24) is 9.69 Å². The summed E-state index contributed by atoms with van der Waals surface area (Å²) in [7, 11) is 0. The highest BCUT2D eigenvalue weighted by molar-refractivity contribution is 7.03. The summed E-state index contributed by atoms with van der Waals surface area (Å²) in [6, 6.07) is 5.72. The van der Waals surface area contributed by atoms with Crippen LogP contribution in [0.25, 0.3) is 0 Å². The van der Waals surface area contributed by atoms with Crippen molar-refractivity contribution in [2.45, 2.75) is 12.3 Å². The van der Waals surface area contributed by atoms with E-state index in [0.717, 1.165) is 22.5 Å². The first-order valence-corrected chi connectivity index (χ1v) is 7.94. The third kappa shape index (κ3) is 2.14. The second-order valence-corrected chi connectivity index (χ2v) is 6.08. The Morgan fingerprint density at radius 1 is 1.32 bits per heavy atom. The molecule has 3 amide bonds. The number of urea groups is 1. The fraction of sp³-hybridized carbons (Fsp3) is 0.267. The van der Waals surface area contributed by atoms with Gasteiger partial charge < -0.3 is 10.6 Å². The SMILES string of the molecule is O=C1CC(c2cnsc2)c2ccc(N3CCNC3=O)cc2N1. The van der Waals surface area contributed by atoms with E-state index in [0.29, 0.717) is 19.5 Å². The predicted molar refractivity (Wildman–Crippen MR) is 84.4 cm³/mol. The Balaban J connectivity index is 1.74. The molecular formula is C15H14N4O2S. The van der Waals surface area contributed by atoms with E-state index in [1.54, 1.807) is 4.90 Å². The largest absolute Gasteiger partial charge is 0.336 e. The molecule has 0 spiro atoms. The zero-order valence-electron chi connectivity index (χ0n) is 11.7. The normalized spacial score (nSPS) is 20.5. The molecule has 2 aromatic rings. The van der Waals surface area contributed by atoms with Gasteiger partial charge >= 0.3 is 6.03 Å². The zero-order chi connectivity index (χ0) is 15.1. The zero-order valence-corrected chi connectivity index (χ0v) is 12.5. The number of hydrogen-bond acceptors (Lipinski definition) is 4. The van der Waals surface area contributed by atoms with Crippen LogP contribution in [0, 0.1) is 0 Å². The second-order valence-electron chi connectivity index (χ2n) is 5.42. The van der Waals surface area contributed by atoms with Gasteiger partial charge in [0.2, 0.25) is 5.91 Å². The van der Waals surface area contributed by atoms with Crippen LogP contribution < -0.4 is 15.5 Å². The molecule has 3 heterocycles. The van der Waals surface area contributed by atoms with Crippen molar-refractivity contribution in [3.63, 3.8) is 0 Å². The van der Waals surface area contributed by atoms with Crippen LogP contribution in [0.2, 0.25) is 0 Å². The fourth-order valence-electron chi connectivity index (χ4n) is 3.02. The lowest BCUT2D eigenvalue weighted by atomic mass is 9.86. The first kappa shape index (κ1) is 13.3. The number of carbonyl (C=O) groups is 2. The molecule has 4 rings (SSSR count). The van der Waals surface area contributed by atoms with Crippen molar-refractivity contribution < 1.29 is 9.59 Å². The van der Waals surface area contributed by atoms with E-state index in [4.69, 9.17) is 0 Å². The fourth-order valence-corrected chi connectivity index (χ4v) is 3.61. The molecule has 1 unspecified atom stereocenters. The van der Waals surface area contributed by atoms with Crippen molar-refractivity contribution in [3.8, 4) is 0 Å². The van der Waals surface area contributed by atoms with Crippen LogP contribution >= 0.6 is 11.5 Å². The lowest BCUT2D eigenvalue weighted by molar-refractivity contribution is -0.116. The third-order valence-electron chi connectivity index (χ3n) is 4.10. The number of carbonyl (C=O) groups excluding carboxylic acids is 2. The van der Waals surface area contributed by atoms with Crippen LogP contribution in [-0.4, -0.2) is 29.4 Å². The van der Waals surface area contributed by atoms with Gasteiger partial charge in [0.1, 0.15) is 0 Å². The molecular weight excluding hydrogens is 300 g/mol. The Kier molecular flexibility index (Phi) is 3.07. The lowest BCUT2D eigenvalue weighted by Gasteiger charge is -2.26. The molecule has 2 aliphatic heterocycles. The Bertz CT molecular complexity index is 744. The minimum absolute atomic E-state index is 0.00766. The van der Waals surface area contributed by atoms with Crippen molar-refractivity contribution in [3.05, 3.63) is 40.9 Å². The number of nitrogens with zero attached hydrogens (tertiary/aromatic N) is 2. The van der Waals surface area contributed by atoms with Crippen molar-refractivity contribution in [2.75, 3.05) is 23.3 Å². The maximum Gasteiger partial charge on any atom is 0.321 e. The summed E-state index contributed by atoms with van der Waals surface area (Å²) < 4.78 is 4.13. The van der Waals surface area contributed by atoms with Crippen molar-refractivity contribution in [2.24, 2.45) is 0 Å². The summed E-state index contributed by atoms with van der Waals surface area (Å²) in [5, 5.41) is 7.68. The highest BCUT2D eigenvalue weighted by atomic mass is 32.1. The predicted octanol–water partition coefficient (Wildman–Crippen LogP) is 2.15. The molecule has 7 heteroatoms. The molecule has 22 heavy (non-hydrogen) atoms. The number of nitrogens with one attached hydrogen (secondary N) is 2. The number of fused-ring (bicyclic) bond motifs is 1. The van der Waals surface area contributed by atoms with Gasteiger partial charge in [-0.25, -0.2) is 9.17 Å². The molecule has 1 saturated heterocycles. The van der Waals surface area contributed by atoms with Gasteiger partial charge in [0.15, 0.2) is 0 Å². The molecule has 0 saturated carbocycles. The topological polar surface area (TPSA) is 74.3 Å². The Hall–Kier alpha value is -2.41. The molecule has 0 bridgehead atoms. The summed E-state index contributed by atoms with van der Waals surface area (Å²) in [5.74, 6) is 0.0238. The Morgan fingerprint density at radius 3 is 2.95 bits per heavy atom. The van der Waals surface area contributed by atoms with Crippen LogP contribution in [0.1, 0.15) is 23.5 Å². The molecule has 2 aliphatic rings. The van der Waals surface area contributed by atoms with Crippen LogP contribution in [0.3, 0.4) is 0 Å². The van der Waals surface area contributed by atoms with Crippen molar-refractivity contribution >= 4 is 34.8 Å². The average molecular weight is 314 g/mol. The summed E-state index contributed by atoms with van der Waals surface area (Å²) in [4.78, 5) is 25.5. The second kappa shape index (κ2) is 5.10. The number of rotatable bonds is 2. The van der Waals surface area contributed by atoms with E-state index in [1.165, 1.54) is 11.5 Å². The van der Waals surface area contributed by atoms with Gasteiger partial charge in [-0.3, -0.25) is 9.69 Å². The molecule has 0 aliphatic carbocycles. The summed E-state index contributed by atoms with van der Waals surface area (Å²) in [6.45, 7) is 1.29. The maximum absolute atomic E-state index is 12.0. The quantitative estimate of drug-likeness (QED) is 0.892. The first-order valence-electron chi connectivity index (χ1n) is 7.11. The summed E-state index contributed by atoms with van der Waals surface area (Å²) in [5.41, 5.74) is 3.72. The molecule has 0 radical (unpaired) electrons. The highest BCUT2D eigenvalue weighted by Crippen LogP contribution is 2.39. The highest BCUT2D eigenvalue weighted by Gasteiger charge is 2.29. The van der Waals surface area contributed by atoms with Gasteiger partial charge in [-0.1, -0.05) is 6.07 Å². The first-order chi connectivity index (χ1) is 10.7. The maximum atomic E-state index is 12.0. The molecule has 1 aromatic carbocycles. The molecule has 112 valence electrons. The van der Waals surface area contributed by atoms with E-state index in [9.17, 15) is 9.59 Å². The van der Waals surface area contributed by atoms with E-state index in [2.05, 4.69) is 15.0 Å². The molecule has 2 N–H and O–H groups in total. The number of benzene rings is 1. The van der Waals surface area contributed by atoms with E-state index in [1.807, 2.05) is 29.8 Å². The van der Waals surface area contributed by atoms with Crippen molar-refractivity contribution in [1.29, 1.82) is 0 Å². The van der Waals surface area contributed by atoms with Gasteiger partial charge in [-0.05, 0) is 34.8 Å². The van der Waals surface area contributed by atoms with Gasteiger partial charge in [0, 0.05) is 48.4 Å².